The van der Waals surface area contributed by atoms with Gasteiger partial charge in [0.15, 0.2) is 6.29 Å². The number of halogens is 1. The second-order valence-corrected chi connectivity index (χ2v) is 4.40. The number of nitrogens with zero attached hydrogens (tertiary/aromatic N) is 1. The highest BCUT2D eigenvalue weighted by molar-refractivity contribution is 9.10. The van der Waals surface area contributed by atoms with Crippen LogP contribution in [-0.2, 0) is 0 Å². The number of rotatable bonds is 1. The third kappa shape index (κ3) is 1.26. The van der Waals surface area contributed by atoms with Crippen LogP contribution in [0.5, 0.6) is 0 Å². The predicted octanol–water partition coefficient (Wildman–Crippen LogP) is 3.35. The van der Waals surface area contributed by atoms with Crippen LogP contribution in [0.2, 0.25) is 0 Å². The van der Waals surface area contributed by atoms with E-state index < -0.39 is 0 Å². The Kier molecular flexibility index (Phi) is 2.36. The molecule has 2 aromatic rings. The number of nitriles is 1. The van der Waals surface area contributed by atoms with Crippen LogP contribution < -0.4 is 0 Å². The highest BCUT2D eigenvalue weighted by Gasteiger charge is 2.09. The summed E-state index contributed by atoms with van der Waals surface area (Å²) in [5.74, 6) is 0. The van der Waals surface area contributed by atoms with E-state index in [0.29, 0.717) is 11.1 Å². The summed E-state index contributed by atoms with van der Waals surface area (Å²) in [6.45, 7) is 0. The van der Waals surface area contributed by atoms with Crippen molar-refractivity contribution in [1.82, 2.24) is 0 Å². The summed E-state index contributed by atoms with van der Waals surface area (Å²) >= 11 is 4.82. The molecule has 0 unspecified atom stereocenters. The molecule has 0 atom stereocenters. The van der Waals surface area contributed by atoms with Gasteiger partial charge in [0.25, 0.3) is 0 Å². The first-order valence-corrected chi connectivity index (χ1v) is 5.50. The SMILES string of the molecule is N#Cc1ccc2c(C=O)csc2c1Br. The molecule has 1 aromatic carbocycles. The second-order valence-electron chi connectivity index (χ2n) is 2.72. The van der Waals surface area contributed by atoms with Crippen molar-refractivity contribution in [2.45, 2.75) is 0 Å². The van der Waals surface area contributed by atoms with Gasteiger partial charge in [-0.25, -0.2) is 0 Å². The van der Waals surface area contributed by atoms with Gasteiger partial charge < -0.3 is 0 Å². The summed E-state index contributed by atoms with van der Waals surface area (Å²) in [5, 5.41) is 11.5. The lowest BCUT2D eigenvalue weighted by Crippen LogP contribution is -1.79. The third-order valence-corrected chi connectivity index (χ3v) is 4.08. The monoisotopic (exact) mass is 265 g/mol. The van der Waals surface area contributed by atoms with Gasteiger partial charge in [0.2, 0.25) is 0 Å². The van der Waals surface area contributed by atoms with Crippen LogP contribution >= 0.6 is 27.3 Å². The van der Waals surface area contributed by atoms with Crippen LogP contribution in [0.1, 0.15) is 15.9 Å². The number of thiophene rings is 1. The van der Waals surface area contributed by atoms with E-state index in [4.69, 9.17) is 5.26 Å². The Morgan fingerprint density at radius 1 is 1.50 bits per heavy atom. The second kappa shape index (κ2) is 3.52. The van der Waals surface area contributed by atoms with Crippen LogP contribution in [0.25, 0.3) is 10.1 Å². The molecule has 4 heteroatoms. The molecule has 1 heterocycles. The highest BCUT2D eigenvalue weighted by Crippen LogP contribution is 2.33. The molecule has 0 bridgehead atoms. The van der Waals surface area contributed by atoms with E-state index >= 15 is 0 Å². The van der Waals surface area contributed by atoms with Crippen LogP contribution in [0.15, 0.2) is 22.0 Å². The number of carbonyl (C=O) groups excluding carboxylic acids is 1. The Bertz CT molecular complexity index is 553. The van der Waals surface area contributed by atoms with Gasteiger partial charge in [0.1, 0.15) is 6.07 Å². The largest absolute Gasteiger partial charge is 0.298 e. The summed E-state index contributed by atoms with van der Waals surface area (Å²) in [5.41, 5.74) is 1.27. The molecule has 0 saturated heterocycles. The molecule has 0 aliphatic carbocycles. The lowest BCUT2D eigenvalue weighted by atomic mass is 10.1. The van der Waals surface area contributed by atoms with Crippen LogP contribution in [0.4, 0.5) is 0 Å². The van der Waals surface area contributed by atoms with E-state index in [2.05, 4.69) is 22.0 Å². The van der Waals surface area contributed by atoms with Crippen molar-refractivity contribution in [2.24, 2.45) is 0 Å². The lowest BCUT2D eigenvalue weighted by Gasteiger charge is -1.96. The van der Waals surface area contributed by atoms with Gasteiger partial charge in [-0.3, -0.25) is 4.79 Å². The molecule has 0 radical (unpaired) electrons. The number of hydrogen-bond acceptors (Lipinski definition) is 3. The molecule has 68 valence electrons. The Hall–Kier alpha value is -1.18. The fourth-order valence-electron chi connectivity index (χ4n) is 1.26. The van der Waals surface area contributed by atoms with Crippen molar-refractivity contribution in [2.75, 3.05) is 0 Å². The van der Waals surface area contributed by atoms with Gasteiger partial charge in [-0.1, -0.05) is 6.07 Å². The van der Waals surface area contributed by atoms with E-state index in [9.17, 15) is 4.79 Å². The highest BCUT2D eigenvalue weighted by atomic mass is 79.9. The van der Waals surface area contributed by atoms with Gasteiger partial charge in [-0.05, 0) is 22.0 Å². The van der Waals surface area contributed by atoms with E-state index in [0.717, 1.165) is 20.8 Å². The van der Waals surface area contributed by atoms with E-state index in [-0.39, 0.29) is 0 Å². The molecular weight excluding hydrogens is 262 g/mol. The molecule has 0 amide bonds. The lowest BCUT2D eigenvalue weighted by molar-refractivity contribution is 0.112. The van der Waals surface area contributed by atoms with Gasteiger partial charge in [0, 0.05) is 16.3 Å². The summed E-state index contributed by atoms with van der Waals surface area (Å²) < 4.78 is 1.72. The average Bonchev–Trinajstić information content (AvgIpc) is 2.62. The summed E-state index contributed by atoms with van der Waals surface area (Å²) in [4.78, 5) is 10.7. The molecule has 0 N–H and O–H groups in total. The third-order valence-electron chi connectivity index (χ3n) is 1.96. The van der Waals surface area contributed by atoms with Crippen molar-refractivity contribution >= 4 is 43.6 Å². The van der Waals surface area contributed by atoms with E-state index in [1.54, 1.807) is 17.5 Å². The minimum atomic E-state index is 0.594. The molecule has 0 aliphatic heterocycles. The Morgan fingerprint density at radius 2 is 2.29 bits per heavy atom. The number of carbonyl (C=O) groups is 1. The number of aldehydes is 1. The van der Waals surface area contributed by atoms with Crippen LogP contribution in [0.3, 0.4) is 0 Å². The fraction of sp³-hybridized carbons (Fsp3) is 0. The Morgan fingerprint density at radius 3 is 2.93 bits per heavy atom. The standard InChI is InChI=1S/C10H4BrNOS/c11-9-6(3-12)1-2-8-7(4-13)5-14-10(8)9/h1-2,4-5H. The molecule has 2 rings (SSSR count). The number of benzene rings is 1. The molecule has 0 aliphatic rings. The maximum absolute atomic E-state index is 10.7. The van der Waals surface area contributed by atoms with Crippen molar-refractivity contribution < 1.29 is 4.79 Å². The van der Waals surface area contributed by atoms with Crippen LogP contribution in [0, 0.1) is 11.3 Å². The maximum atomic E-state index is 10.7. The minimum absolute atomic E-state index is 0.594. The van der Waals surface area contributed by atoms with Crippen molar-refractivity contribution in [1.29, 1.82) is 5.26 Å². The molecule has 0 fully saturated rings. The topological polar surface area (TPSA) is 40.9 Å². The number of hydrogen-bond donors (Lipinski definition) is 0. The first kappa shape index (κ1) is 9.38. The maximum Gasteiger partial charge on any atom is 0.151 e. The molecule has 0 saturated carbocycles. The fourth-order valence-corrected chi connectivity index (χ4v) is 2.93. The predicted molar refractivity (Wildman–Crippen MR) is 59.6 cm³/mol. The van der Waals surface area contributed by atoms with Crippen LogP contribution in [-0.4, -0.2) is 6.29 Å². The quantitative estimate of drug-likeness (QED) is 0.742. The first-order valence-electron chi connectivity index (χ1n) is 3.83. The molecular formula is C10H4BrNOS. The Labute approximate surface area is 92.9 Å². The van der Waals surface area contributed by atoms with E-state index in [1.807, 2.05) is 0 Å². The minimum Gasteiger partial charge on any atom is -0.298 e. The van der Waals surface area contributed by atoms with Gasteiger partial charge in [-0.15, -0.1) is 11.3 Å². The van der Waals surface area contributed by atoms with Gasteiger partial charge >= 0.3 is 0 Å². The van der Waals surface area contributed by atoms with Gasteiger partial charge in [-0.2, -0.15) is 5.26 Å². The normalized spacial score (nSPS) is 10.0. The number of fused-ring (bicyclic) bond motifs is 1. The summed E-state index contributed by atoms with van der Waals surface area (Å²) in [6.07, 6.45) is 0.831. The zero-order chi connectivity index (χ0) is 10.1. The molecule has 2 nitrogen and oxygen atoms in total. The summed E-state index contributed by atoms with van der Waals surface area (Å²) in [6, 6.07) is 5.60. The zero-order valence-corrected chi connectivity index (χ0v) is 9.35. The molecule has 0 spiro atoms. The molecule has 1 aromatic heterocycles. The Balaban J connectivity index is 2.87. The zero-order valence-electron chi connectivity index (χ0n) is 6.95. The summed E-state index contributed by atoms with van der Waals surface area (Å²) in [7, 11) is 0. The van der Waals surface area contributed by atoms with Gasteiger partial charge in [0.05, 0.1) is 14.7 Å². The van der Waals surface area contributed by atoms with Crippen molar-refractivity contribution in [3.63, 3.8) is 0 Å². The smallest absolute Gasteiger partial charge is 0.151 e. The first-order chi connectivity index (χ1) is 6.77. The van der Waals surface area contributed by atoms with Crippen molar-refractivity contribution in [3.8, 4) is 6.07 Å². The van der Waals surface area contributed by atoms with Crippen molar-refractivity contribution in [3.05, 3.63) is 33.1 Å². The molecule has 14 heavy (non-hydrogen) atoms. The van der Waals surface area contributed by atoms with E-state index in [1.165, 1.54) is 11.3 Å². The average molecular weight is 266 g/mol.